The van der Waals surface area contributed by atoms with Gasteiger partial charge in [-0.15, -0.1) is 0 Å². The van der Waals surface area contributed by atoms with E-state index in [1.54, 1.807) is 0 Å². The van der Waals surface area contributed by atoms with Gasteiger partial charge in [0.2, 0.25) is 5.60 Å². The molecule has 1 aliphatic carbocycles. The predicted molar refractivity (Wildman–Crippen MR) is 111 cm³/mol. The van der Waals surface area contributed by atoms with Gasteiger partial charge in [-0.25, -0.2) is 0 Å². The predicted octanol–water partition coefficient (Wildman–Crippen LogP) is 4.58. The highest BCUT2D eigenvalue weighted by Gasteiger charge is 2.43. The van der Waals surface area contributed by atoms with Gasteiger partial charge in [0.15, 0.2) is 0 Å². The second-order valence-electron chi connectivity index (χ2n) is 7.72. The molecular formula is C24H21F3N2O3. The summed E-state index contributed by atoms with van der Waals surface area (Å²) >= 11 is 0. The monoisotopic (exact) mass is 442 g/mol. The molecule has 2 aromatic rings. The first kappa shape index (κ1) is 23.2. The van der Waals surface area contributed by atoms with Crippen molar-refractivity contribution < 1.29 is 28.2 Å². The molecule has 0 aliphatic heterocycles. The van der Waals surface area contributed by atoms with Crippen LogP contribution in [0.25, 0.3) is 0 Å². The number of carbonyl (C=O) groups is 1. The molecule has 1 saturated carbocycles. The van der Waals surface area contributed by atoms with Gasteiger partial charge in [-0.3, -0.25) is 4.79 Å². The average Bonchev–Trinajstić information content (AvgIpc) is 2.78. The lowest BCUT2D eigenvalue weighted by Crippen LogP contribution is -2.49. The van der Waals surface area contributed by atoms with Gasteiger partial charge in [0, 0.05) is 17.2 Å². The highest BCUT2D eigenvalue weighted by atomic mass is 19.4. The molecule has 0 bridgehead atoms. The topological polar surface area (TPSA) is 93.4 Å². The third kappa shape index (κ3) is 5.22. The number of hydrogen-bond acceptors (Lipinski definition) is 4. The van der Waals surface area contributed by atoms with Crippen LogP contribution in [-0.4, -0.2) is 21.7 Å². The summed E-state index contributed by atoms with van der Waals surface area (Å²) < 4.78 is 39.8. The number of hydrogen-bond donors (Lipinski definition) is 3. The van der Waals surface area contributed by atoms with Gasteiger partial charge in [0.1, 0.15) is 5.75 Å². The molecule has 0 spiro atoms. The van der Waals surface area contributed by atoms with Crippen LogP contribution in [0.3, 0.4) is 0 Å². The summed E-state index contributed by atoms with van der Waals surface area (Å²) in [6.07, 6.45) is -1.11. The molecule has 8 heteroatoms. The first-order valence-electron chi connectivity index (χ1n) is 10.1. The number of phenols is 1. The highest BCUT2D eigenvalue weighted by Crippen LogP contribution is 2.36. The number of benzene rings is 2. The molecule has 166 valence electrons. The van der Waals surface area contributed by atoms with Gasteiger partial charge < -0.3 is 15.5 Å². The second-order valence-corrected chi connectivity index (χ2v) is 7.72. The Morgan fingerprint density at radius 2 is 1.72 bits per heavy atom. The van der Waals surface area contributed by atoms with Crippen molar-refractivity contribution >= 4 is 11.6 Å². The number of anilines is 1. The number of phenolic OH excluding ortho intramolecular Hbond substituents is 1. The zero-order valence-electron chi connectivity index (χ0n) is 17.0. The fourth-order valence-corrected chi connectivity index (χ4v) is 3.76. The molecule has 5 nitrogen and oxygen atoms in total. The molecule has 3 rings (SSSR count). The fraction of sp³-hybridized carbons (Fsp3) is 0.333. The summed E-state index contributed by atoms with van der Waals surface area (Å²) in [6, 6.07) is 10.2. The van der Waals surface area contributed by atoms with E-state index in [2.05, 4.69) is 17.2 Å². The van der Waals surface area contributed by atoms with Crippen LogP contribution in [0.1, 0.15) is 48.8 Å². The number of amides is 1. The van der Waals surface area contributed by atoms with Gasteiger partial charge in [-0.05, 0) is 55.3 Å². The summed E-state index contributed by atoms with van der Waals surface area (Å²) in [4.78, 5) is 13.1. The van der Waals surface area contributed by atoms with Crippen LogP contribution < -0.4 is 5.32 Å². The molecule has 1 atom stereocenters. The van der Waals surface area contributed by atoms with Crippen molar-refractivity contribution in [2.45, 2.75) is 43.9 Å². The number of rotatable bonds is 3. The van der Waals surface area contributed by atoms with E-state index in [1.165, 1.54) is 36.4 Å². The number of halogens is 3. The number of carbonyl (C=O) groups excluding carboxylic acids is 1. The Labute approximate surface area is 183 Å². The summed E-state index contributed by atoms with van der Waals surface area (Å²) in [5.74, 6) is 3.99. The molecule has 1 amide bonds. The zero-order valence-corrected chi connectivity index (χ0v) is 17.0. The van der Waals surface area contributed by atoms with E-state index in [9.17, 15) is 28.2 Å². The van der Waals surface area contributed by atoms with E-state index >= 15 is 0 Å². The molecule has 0 saturated heterocycles. The van der Waals surface area contributed by atoms with Crippen molar-refractivity contribution in [3.05, 3.63) is 59.2 Å². The Balaban J connectivity index is 1.94. The maximum absolute atomic E-state index is 13.3. The average molecular weight is 442 g/mol. The molecule has 2 aromatic carbocycles. The Morgan fingerprint density at radius 1 is 1.06 bits per heavy atom. The summed E-state index contributed by atoms with van der Waals surface area (Å²) in [7, 11) is 0. The first-order valence-corrected chi connectivity index (χ1v) is 10.1. The molecule has 32 heavy (non-hydrogen) atoms. The van der Waals surface area contributed by atoms with Crippen molar-refractivity contribution in [1.29, 1.82) is 5.26 Å². The summed E-state index contributed by atoms with van der Waals surface area (Å²) in [5, 5.41) is 32.0. The largest absolute Gasteiger partial charge is 0.508 e. The molecule has 1 aliphatic rings. The van der Waals surface area contributed by atoms with Crippen LogP contribution >= 0.6 is 0 Å². The van der Waals surface area contributed by atoms with Crippen LogP contribution in [0, 0.1) is 29.1 Å². The Morgan fingerprint density at radius 3 is 2.31 bits per heavy atom. The van der Waals surface area contributed by atoms with E-state index in [0.717, 1.165) is 25.3 Å². The third-order valence-electron chi connectivity index (χ3n) is 5.51. The van der Waals surface area contributed by atoms with E-state index in [0.29, 0.717) is 24.5 Å². The lowest BCUT2D eigenvalue weighted by Gasteiger charge is -2.33. The molecule has 0 radical (unpaired) electrons. The molecular weight excluding hydrogens is 421 g/mol. The van der Waals surface area contributed by atoms with Crippen molar-refractivity contribution in [2.75, 3.05) is 5.32 Å². The van der Waals surface area contributed by atoms with E-state index in [1.807, 2.05) is 0 Å². The Hall–Kier alpha value is -3.49. The maximum atomic E-state index is 13.3. The Kier molecular flexibility index (Phi) is 6.76. The van der Waals surface area contributed by atoms with Gasteiger partial charge in [-0.2, -0.15) is 18.4 Å². The van der Waals surface area contributed by atoms with Crippen LogP contribution in [0.2, 0.25) is 0 Å². The normalized spacial score (nSPS) is 16.2. The quantitative estimate of drug-likeness (QED) is 0.607. The third-order valence-corrected chi connectivity index (χ3v) is 5.51. The molecule has 3 N–H and O–H groups in total. The summed E-state index contributed by atoms with van der Waals surface area (Å²) in [6.45, 7) is 0. The van der Waals surface area contributed by atoms with Gasteiger partial charge >= 0.3 is 6.18 Å². The minimum Gasteiger partial charge on any atom is -0.508 e. The van der Waals surface area contributed by atoms with E-state index in [-0.39, 0.29) is 11.4 Å². The first-order chi connectivity index (χ1) is 15.1. The highest BCUT2D eigenvalue weighted by molar-refractivity contribution is 6.00. The van der Waals surface area contributed by atoms with Crippen LogP contribution in [0.5, 0.6) is 5.75 Å². The zero-order chi connectivity index (χ0) is 23.4. The van der Waals surface area contributed by atoms with Crippen LogP contribution in [0.15, 0.2) is 42.5 Å². The minimum atomic E-state index is -4.77. The lowest BCUT2D eigenvalue weighted by molar-refractivity contribution is -0.138. The second kappa shape index (κ2) is 9.33. The van der Waals surface area contributed by atoms with Crippen LogP contribution in [0.4, 0.5) is 18.9 Å². The molecule has 1 unspecified atom stereocenters. The fourth-order valence-electron chi connectivity index (χ4n) is 3.76. The van der Waals surface area contributed by atoms with Gasteiger partial charge in [0.05, 0.1) is 17.2 Å². The smallest absolute Gasteiger partial charge is 0.417 e. The molecule has 1 fully saturated rings. The standard InChI is InChI=1S/C24H21F3N2O3/c25-24(26,27)21-14-19(9-8-17(21)15-28)29-22(31)23(32,18-4-2-1-3-5-18)13-12-16-6-10-20(30)11-7-16/h6-11,14,18,30,32H,1-5H2,(H,29,31). The summed E-state index contributed by atoms with van der Waals surface area (Å²) in [5.41, 5.74) is -3.59. The van der Waals surface area contributed by atoms with Crippen molar-refractivity contribution in [3.63, 3.8) is 0 Å². The molecule has 0 aromatic heterocycles. The van der Waals surface area contributed by atoms with Gasteiger partial charge in [0.25, 0.3) is 5.91 Å². The number of nitrogens with zero attached hydrogens (tertiary/aromatic N) is 1. The van der Waals surface area contributed by atoms with Crippen molar-refractivity contribution in [2.24, 2.45) is 5.92 Å². The number of aromatic hydroxyl groups is 1. The SMILES string of the molecule is N#Cc1ccc(NC(=O)C(O)(C#Cc2ccc(O)cc2)C2CCCCC2)cc1C(F)(F)F. The van der Waals surface area contributed by atoms with Gasteiger partial charge in [-0.1, -0.05) is 31.1 Å². The van der Waals surface area contributed by atoms with Crippen molar-refractivity contribution in [3.8, 4) is 23.7 Å². The number of nitriles is 1. The van der Waals surface area contributed by atoms with E-state index in [4.69, 9.17) is 5.26 Å². The minimum absolute atomic E-state index is 0.0390. The number of nitrogens with one attached hydrogen (secondary N) is 1. The van der Waals surface area contributed by atoms with Crippen molar-refractivity contribution in [1.82, 2.24) is 0 Å². The van der Waals surface area contributed by atoms with Crippen LogP contribution in [-0.2, 0) is 11.0 Å². The molecule has 0 heterocycles. The lowest BCUT2D eigenvalue weighted by atomic mass is 9.76. The Bertz CT molecular complexity index is 1090. The van der Waals surface area contributed by atoms with E-state index < -0.39 is 34.7 Å². The number of alkyl halides is 3. The maximum Gasteiger partial charge on any atom is 0.417 e. The number of aliphatic hydroxyl groups is 1.